The fourth-order valence-electron chi connectivity index (χ4n) is 0.582. The largest absolute Gasteiger partial charge is 0.119 e. The first-order valence-electron chi connectivity index (χ1n) is 3.79. The number of hydrogen-bond acceptors (Lipinski definition) is 0. The average Bonchev–Trinajstić information content (AvgIpc) is 1.99. The zero-order valence-electron chi connectivity index (χ0n) is 6.78. The van der Waals surface area contributed by atoms with Crippen molar-refractivity contribution in [1.29, 1.82) is 0 Å². The molecule has 1 unspecified atom stereocenters. The molecule has 0 bridgehead atoms. The third-order valence-corrected chi connectivity index (χ3v) is 1.26. The van der Waals surface area contributed by atoms with Crippen LogP contribution in [0.5, 0.6) is 0 Å². The highest BCUT2D eigenvalue weighted by atomic mass is 13.9. The Morgan fingerprint density at radius 2 is 2.10 bits per heavy atom. The zero-order chi connectivity index (χ0) is 7.82. The minimum atomic E-state index is 0.173. The molecular weight excluding hydrogens is 120 g/mol. The van der Waals surface area contributed by atoms with Crippen LogP contribution in [0.4, 0.5) is 0 Å². The standard InChI is InChI=1S/C10H14/c1-4-7-8-9-10(5-2)6-3/h2,10H,4,6-7H2,1,3H3. The third kappa shape index (κ3) is 4.04. The molecule has 54 valence electrons. The molecule has 0 aliphatic carbocycles. The summed E-state index contributed by atoms with van der Waals surface area (Å²) in [6, 6.07) is 0. The summed E-state index contributed by atoms with van der Waals surface area (Å²) in [6.45, 7) is 4.18. The molecule has 0 aromatic heterocycles. The van der Waals surface area contributed by atoms with Crippen molar-refractivity contribution >= 4 is 0 Å². The van der Waals surface area contributed by atoms with Crippen molar-refractivity contribution in [2.24, 2.45) is 5.92 Å². The molecule has 10 heavy (non-hydrogen) atoms. The summed E-state index contributed by atoms with van der Waals surface area (Å²) in [7, 11) is 0. The normalized spacial score (nSPS) is 10.9. The van der Waals surface area contributed by atoms with Crippen molar-refractivity contribution < 1.29 is 0 Å². The zero-order valence-corrected chi connectivity index (χ0v) is 6.78. The van der Waals surface area contributed by atoms with E-state index in [0.29, 0.717) is 0 Å². The molecule has 0 aliphatic rings. The van der Waals surface area contributed by atoms with Gasteiger partial charge in [0.25, 0.3) is 0 Å². The van der Waals surface area contributed by atoms with E-state index in [-0.39, 0.29) is 5.92 Å². The second-order valence-electron chi connectivity index (χ2n) is 2.20. The summed E-state index contributed by atoms with van der Waals surface area (Å²) in [4.78, 5) is 0. The number of hydrogen-bond donors (Lipinski definition) is 0. The second-order valence-corrected chi connectivity index (χ2v) is 2.20. The summed E-state index contributed by atoms with van der Waals surface area (Å²) >= 11 is 0. The van der Waals surface area contributed by atoms with Gasteiger partial charge in [0.2, 0.25) is 0 Å². The minimum absolute atomic E-state index is 0.173. The van der Waals surface area contributed by atoms with E-state index >= 15 is 0 Å². The lowest BCUT2D eigenvalue weighted by Crippen LogP contribution is -1.87. The third-order valence-electron chi connectivity index (χ3n) is 1.26. The Labute approximate surface area is 64.0 Å². The molecule has 0 aliphatic heterocycles. The highest BCUT2D eigenvalue weighted by Crippen LogP contribution is 1.97. The number of terminal acetylenes is 1. The molecular formula is C10H14. The van der Waals surface area contributed by atoms with Gasteiger partial charge in [-0.25, -0.2) is 0 Å². The van der Waals surface area contributed by atoms with E-state index in [1.165, 1.54) is 0 Å². The molecule has 0 aromatic carbocycles. The summed E-state index contributed by atoms with van der Waals surface area (Å²) in [5.41, 5.74) is 0. The van der Waals surface area contributed by atoms with Crippen molar-refractivity contribution in [1.82, 2.24) is 0 Å². The Balaban J connectivity index is 3.66. The number of rotatable bonds is 2. The maximum absolute atomic E-state index is 5.21. The predicted octanol–water partition coefficient (Wildman–Crippen LogP) is 2.45. The summed E-state index contributed by atoms with van der Waals surface area (Å²) in [6.07, 6.45) is 8.27. The van der Waals surface area contributed by atoms with Gasteiger partial charge in [-0.1, -0.05) is 25.7 Å². The van der Waals surface area contributed by atoms with Crippen LogP contribution in [-0.4, -0.2) is 0 Å². The fourth-order valence-corrected chi connectivity index (χ4v) is 0.582. The van der Waals surface area contributed by atoms with Crippen LogP contribution in [0.25, 0.3) is 0 Å². The van der Waals surface area contributed by atoms with Crippen molar-refractivity contribution in [2.45, 2.75) is 33.1 Å². The van der Waals surface area contributed by atoms with Crippen LogP contribution in [0.2, 0.25) is 0 Å². The van der Waals surface area contributed by atoms with Crippen LogP contribution >= 0.6 is 0 Å². The lowest BCUT2D eigenvalue weighted by atomic mass is 10.1. The Morgan fingerprint density at radius 3 is 2.50 bits per heavy atom. The van der Waals surface area contributed by atoms with Gasteiger partial charge in [-0.3, -0.25) is 0 Å². The molecule has 0 radical (unpaired) electrons. The van der Waals surface area contributed by atoms with Crippen LogP contribution in [0.3, 0.4) is 0 Å². The van der Waals surface area contributed by atoms with E-state index in [2.05, 4.69) is 31.6 Å². The van der Waals surface area contributed by atoms with E-state index < -0.39 is 0 Å². The number of unbranched alkanes of at least 4 members (excludes halogenated alkanes) is 1. The Kier molecular flexibility index (Phi) is 5.69. The summed E-state index contributed by atoms with van der Waals surface area (Å²) in [5, 5.41) is 0. The SMILES string of the molecule is C#CC(C#CCCC)CC. The van der Waals surface area contributed by atoms with Gasteiger partial charge in [0, 0.05) is 6.42 Å². The quantitative estimate of drug-likeness (QED) is 0.509. The highest BCUT2D eigenvalue weighted by molar-refractivity contribution is 5.13. The second kappa shape index (κ2) is 6.24. The van der Waals surface area contributed by atoms with Crippen LogP contribution < -0.4 is 0 Å². The average molecular weight is 134 g/mol. The van der Waals surface area contributed by atoms with Gasteiger partial charge < -0.3 is 0 Å². The monoisotopic (exact) mass is 134 g/mol. The van der Waals surface area contributed by atoms with Crippen molar-refractivity contribution in [3.05, 3.63) is 0 Å². The first-order chi connectivity index (χ1) is 4.85. The molecule has 0 amide bonds. The first kappa shape index (κ1) is 9.12. The Bertz CT molecular complexity index is 161. The summed E-state index contributed by atoms with van der Waals surface area (Å²) < 4.78 is 0. The topological polar surface area (TPSA) is 0 Å². The Hall–Kier alpha value is -0.880. The van der Waals surface area contributed by atoms with Crippen molar-refractivity contribution in [2.75, 3.05) is 0 Å². The Morgan fingerprint density at radius 1 is 1.40 bits per heavy atom. The van der Waals surface area contributed by atoms with E-state index in [1.54, 1.807) is 0 Å². The minimum Gasteiger partial charge on any atom is -0.119 e. The van der Waals surface area contributed by atoms with Crippen LogP contribution in [0.15, 0.2) is 0 Å². The van der Waals surface area contributed by atoms with Crippen molar-refractivity contribution in [3.63, 3.8) is 0 Å². The molecule has 0 N–H and O–H groups in total. The van der Waals surface area contributed by atoms with Crippen LogP contribution in [0, 0.1) is 30.1 Å². The van der Waals surface area contributed by atoms with E-state index in [0.717, 1.165) is 19.3 Å². The summed E-state index contributed by atoms with van der Waals surface area (Å²) in [5.74, 6) is 8.89. The molecule has 0 fully saturated rings. The molecule has 0 aromatic rings. The molecule has 0 nitrogen and oxygen atoms in total. The molecule has 0 saturated heterocycles. The fraction of sp³-hybridized carbons (Fsp3) is 0.600. The smallest absolute Gasteiger partial charge is 0.0806 e. The lowest BCUT2D eigenvalue weighted by molar-refractivity contribution is 0.825. The van der Waals surface area contributed by atoms with Gasteiger partial charge in [0.15, 0.2) is 0 Å². The van der Waals surface area contributed by atoms with E-state index in [1.807, 2.05) is 0 Å². The van der Waals surface area contributed by atoms with Gasteiger partial charge in [-0.05, 0) is 12.8 Å². The van der Waals surface area contributed by atoms with E-state index in [9.17, 15) is 0 Å². The van der Waals surface area contributed by atoms with Gasteiger partial charge in [-0.2, -0.15) is 0 Å². The van der Waals surface area contributed by atoms with Crippen LogP contribution in [0.1, 0.15) is 33.1 Å². The lowest BCUT2D eigenvalue weighted by Gasteiger charge is -1.93. The van der Waals surface area contributed by atoms with Gasteiger partial charge in [-0.15, -0.1) is 12.3 Å². The highest BCUT2D eigenvalue weighted by Gasteiger charge is 1.91. The molecule has 0 heterocycles. The molecule has 0 heteroatoms. The molecule has 0 rings (SSSR count). The van der Waals surface area contributed by atoms with Gasteiger partial charge in [0.05, 0.1) is 5.92 Å². The molecule has 0 saturated carbocycles. The van der Waals surface area contributed by atoms with E-state index in [4.69, 9.17) is 6.42 Å². The van der Waals surface area contributed by atoms with Crippen LogP contribution in [-0.2, 0) is 0 Å². The molecule has 0 spiro atoms. The van der Waals surface area contributed by atoms with Gasteiger partial charge in [0.1, 0.15) is 0 Å². The first-order valence-corrected chi connectivity index (χ1v) is 3.79. The maximum Gasteiger partial charge on any atom is 0.0806 e. The molecule has 1 atom stereocenters. The van der Waals surface area contributed by atoms with Crippen molar-refractivity contribution in [3.8, 4) is 24.2 Å². The van der Waals surface area contributed by atoms with Gasteiger partial charge >= 0.3 is 0 Å². The predicted molar refractivity (Wildman–Crippen MR) is 45.3 cm³/mol. The maximum atomic E-state index is 5.21.